The van der Waals surface area contributed by atoms with Gasteiger partial charge in [-0.25, -0.2) is 8.78 Å². The maximum atomic E-state index is 14.4. The quantitative estimate of drug-likeness (QED) is 0.817. The maximum Gasteiger partial charge on any atom is 0.129 e. The molecule has 2 atom stereocenters. The van der Waals surface area contributed by atoms with E-state index in [2.05, 4.69) is 29.4 Å². The van der Waals surface area contributed by atoms with E-state index in [1.54, 1.807) is 6.07 Å². The topological polar surface area (TPSA) is 24.5 Å². The van der Waals surface area contributed by atoms with Gasteiger partial charge in [0.1, 0.15) is 11.6 Å². The molecule has 2 aromatic carbocycles. The number of hydrogen-bond donors (Lipinski definition) is 1. The lowest BCUT2D eigenvalue weighted by molar-refractivity contribution is 0.00693. The van der Waals surface area contributed by atoms with Crippen molar-refractivity contribution in [1.82, 2.24) is 10.2 Å². The molecule has 0 aliphatic carbocycles. The van der Waals surface area contributed by atoms with Crippen molar-refractivity contribution in [3.63, 3.8) is 0 Å². The van der Waals surface area contributed by atoms with E-state index in [9.17, 15) is 8.78 Å². The molecule has 3 rings (SSSR count). The first-order valence-electron chi connectivity index (χ1n) is 9.13. The zero-order valence-corrected chi connectivity index (χ0v) is 15.1. The van der Waals surface area contributed by atoms with Gasteiger partial charge in [0.25, 0.3) is 0 Å². The molecule has 5 heteroatoms. The van der Waals surface area contributed by atoms with Crippen LogP contribution in [0.4, 0.5) is 8.78 Å². The Bertz CT molecular complexity index is 690. The van der Waals surface area contributed by atoms with Gasteiger partial charge in [-0.2, -0.15) is 0 Å². The van der Waals surface area contributed by atoms with Crippen LogP contribution >= 0.6 is 0 Å². The molecule has 2 aromatic rings. The highest BCUT2D eigenvalue weighted by atomic mass is 19.1. The van der Waals surface area contributed by atoms with Gasteiger partial charge in [-0.15, -0.1) is 0 Å². The van der Waals surface area contributed by atoms with E-state index in [4.69, 9.17) is 4.74 Å². The standard InChI is InChI=1S/C21H26F2N2O/c1-25(15-16-5-3-2-4-6-16)11-9-19(21-14-24-10-12-26-21)18-8-7-17(22)13-20(18)23/h2-8,13,19,21,24H,9-12,14-15H2,1H3. The Morgan fingerprint density at radius 2 is 2.00 bits per heavy atom. The first-order chi connectivity index (χ1) is 12.6. The molecule has 0 bridgehead atoms. The normalized spacial score (nSPS) is 18.8. The average molecular weight is 360 g/mol. The Hall–Kier alpha value is -1.82. The summed E-state index contributed by atoms with van der Waals surface area (Å²) in [5, 5.41) is 3.31. The van der Waals surface area contributed by atoms with Crippen molar-refractivity contribution in [2.45, 2.75) is 25.0 Å². The molecule has 1 aliphatic rings. The maximum absolute atomic E-state index is 14.4. The second kappa shape index (κ2) is 9.21. The zero-order chi connectivity index (χ0) is 18.4. The van der Waals surface area contributed by atoms with Gasteiger partial charge in [-0.05, 0) is 37.2 Å². The summed E-state index contributed by atoms with van der Waals surface area (Å²) in [4.78, 5) is 2.22. The van der Waals surface area contributed by atoms with Gasteiger partial charge in [0.2, 0.25) is 0 Å². The van der Waals surface area contributed by atoms with Crippen LogP contribution in [0.15, 0.2) is 48.5 Å². The van der Waals surface area contributed by atoms with Crippen molar-refractivity contribution in [2.24, 2.45) is 0 Å². The van der Waals surface area contributed by atoms with E-state index in [0.29, 0.717) is 18.7 Å². The fraction of sp³-hybridized carbons (Fsp3) is 0.429. The summed E-state index contributed by atoms with van der Waals surface area (Å²) >= 11 is 0. The molecule has 0 saturated carbocycles. The Morgan fingerprint density at radius 3 is 2.69 bits per heavy atom. The molecule has 26 heavy (non-hydrogen) atoms. The first kappa shape index (κ1) is 19.0. The first-order valence-corrected chi connectivity index (χ1v) is 9.13. The number of halogens is 2. The highest BCUT2D eigenvalue weighted by Crippen LogP contribution is 2.29. The Kier molecular flexibility index (Phi) is 6.72. The SMILES string of the molecule is CN(CCC(c1ccc(F)cc1F)C1CNCCO1)Cc1ccccc1. The van der Waals surface area contributed by atoms with Crippen molar-refractivity contribution < 1.29 is 13.5 Å². The van der Waals surface area contributed by atoms with Crippen LogP contribution in [0.1, 0.15) is 23.5 Å². The number of nitrogens with zero attached hydrogens (tertiary/aromatic N) is 1. The molecular weight excluding hydrogens is 334 g/mol. The number of benzene rings is 2. The summed E-state index contributed by atoms with van der Waals surface area (Å²) < 4.78 is 33.6. The van der Waals surface area contributed by atoms with Crippen LogP contribution in [0.3, 0.4) is 0 Å². The minimum atomic E-state index is -0.547. The Labute approximate surface area is 154 Å². The van der Waals surface area contributed by atoms with Gasteiger partial charge >= 0.3 is 0 Å². The smallest absolute Gasteiger partial charge is 0.129 e. The monoisotopic (exact) mass is 360 g/mol. The van der Waals surface area contributed by atoms with Crippen LogP contribution in [0, 0.1) is 11.6 Å². The molecular formula is C21H26F2N2O. The molecule has 0 radical (unpaired) electrons. The van der Waals surface area contributed by atoms with E-state index in [1.165, 1.54) is 11.6 Å². The highest BCUT2D eigenvalue weighted by molar-refractivity contribution is 5.24. The molecule has 1 N–H and O–H groups in total. The van der Waals surface area contributed by atoms with Gasteiger partial charge in [-0.3, -0.25) is 0 Å². The van der Waals surface area contributed by atoms with Gasteiger partial charge < -0.3 is 15.0 Å². The van der Waals surface area contributed by atoms with E-state index in [1.807, 2.05) is 18.2 Å². The number of morpholine rings is 1. The summed E-state index contributed by atoms with van der Waals surface area (Å²) in [6.07, 6.45) is 0.645. The van der Waals surface area contributed by atoms with Gasteiger partial charge in [-0.1, -0.05) is 36.4 Å². The largest absolute Gasteiger partial charge is 0.375 e. The number of nitrogens with one attached hydrogen (secondary N) is 1. The molecule has 1 fully saturated rings. The zero-order valence-electron chi connectivity index (χ0n) is 15.1. The average Bonchev–Trinajstić information content (AvgIpc) is 2.65. The molecule has 0 aromatic heterocycles. The predicted octanol–water partition coefficient (Wildman–Crippen LogP) is 3.56. The van der Waals surface area contributed by atoms with Crippen molar-refractivity contribution in [3.05, 3.63) is 71.3 Å². The van der Waals surface area contributed by atoms with Crippen LogP contribution in [-0.4, -0.2) is 44.3 Å². The molecule has 1 saturated heterocycles. The minimum absolute atomic E-state index is 0.103. The van der Waals surface area contributed by atoms with Crippen LogP contribution in [0.25, 0.3) is 0 Å². The highest BCUT2D eigenvalue weighted by Gasteiger charge is 2.28. The third-order valence-corrected chi connectivity index (χ3v) is 4.88. The van der Waals surface area contributed by atoms with Crippen molar-refractivity contribution in [1.29, 1.82) is 0 Å². The van der Waals surface area contributed by atoms with Crippen molar-refractivity contribution in [3.8, 4) is 0 Å². The second-order valence-electron chi connectivity index (χ2n) is 6.90. The molecule has 0 amide bonds. The molecule has 1 aliphatic heterocycles. The van der Waals surface area contributed by atoms with Crippen LogP contribution in [0.2, 0.25) is 0 Å². The van der Waals surface area contributed by atoms with Crippen molar-refractivity contribution in [2.75, 3.05) is 33.3 Å². The van der Waals surface area contributed by atoms with Gasteiger partial charge in [0.15, 0.2) is 0 Å². The molecule has 0 spiro atoms. The van der Waals surface area contributed by atoms with E-state index in [0.717, 1.165) is 32.1 Å². The lowest BCUT2D eigenvalue weighted by atomic mass is 9.88. The fourth-order valence-corrected chi connectivity index (χ4v) is 3.52. The number of rotatable bonds is 7. The Balaban J connectivity index is 1.69. The molecule has 140 valence electrons. The summed E-state index contributed by atoms with van der Waals surface area (Å²) in [6, 6.07) is 14.1. The summed E-state index contributed by atoms with van der Waals surface area (Å²) in [7, 11) is 2.06. The number of hydrogen-bond acceptors (Lipinski definition) is 3. The number of ether oxygens (including phenoxy) is 1. The molecule has 2 unspecified atom stereocenters. The van der Waals surface area contributed by atoms with Crippen LogP contribution in [-0.2, 0) is 11.3 Å². The third kappa shape index (κ3) is 5.10. The van der Waals surface area contributed by atoms with Gasteiger partial charge in [0, 0.05) is 31.6 Å². The summed E-state index contributed by atoms with van der Waals surface area (Å²) in [5.74, 6) is -1.15. The van der Waals surface area contributed by atoms with E-state index >= 15 is 0 Å². The fourth-order valence-electron chi connectivity index (χ4n) is 3.52. The second-order valence-corrected chi connectivity index (χ2v) is 6.90. The van der Waals surface area contributed by atoms with Crippen molar-refractivity contribution >= 4 is 0 Å². The minimum Gasteiger partial charge on any atom is -0.375 e. The Morgan fingerprint density at radius 1 is 1.19 bits per heavy atom. The third-order valence-electron chi connectivity index (χ3n) is 4.88. The molecule has 1 heterocycles. The lowest BCUT2D eigenvalue weighted by Gasteiger charge is -2.32. The van der Waals surface area contributed by atoms with Gasteiger partial charge in [0.05, 0.1) is 12.7 Å². The predicted molar refractivity (Wildman–Crippen MR) is 99.1 cm³/mol. The summed E-state index contributed by atoms with van der Waals surface area (Å²) in [5.41, 5.74) is 1.78. The van der Waals surface area contributed by atoms with E-state index < -0.39 is 11.6 Å². The van der Waals surface area contributed by atoms with Crippen LogP contribution < -0.4 is 5.32 Å². The molecule has 3 nitrogen and oxygen atoms in total. The summed E-state index contributed by atoms with van der Waals surface area (Å²) in [6.45, 7) is 3.75. The van der Waals surface area contributed by atoms with Crippen LogP contribution in [0.5, 0.6) is 0 Å². The lowest BCUT2D eigenvalue weighted by Crippen LogP contribution is -2.42. The van der Waals surface area contributed by atoms with E-state index in [-0.39, 0.29) is 12.0 Å².